The van der Waals surface area contributed by atoms with E-state index in [9.17, 15) is 0 Å². The Bertz CT molecular complexity index is 226. The van der Waals surface area contributed by atoms with E-state index in [2.05, 4.69) is 12.2 Å². The zero-order chi connectivity index (χ0) is 12.1. The summed E-state index contributed by atoms with van der Waals surface area (Å²) in [6, 6.07) is 0. The standard InChI is InChI=1S/C14H26ClNO/c1-12(15)5-4-10-16-11-13-6-9-14(17-13)7-2-3-8-14/h12-13,16H,2-11H2,1H3. The molecule has 0 aromatic carbocycles. The molecule has 2 atom stereocenters. The largest absolute Gasteiger partial charge is 0.370 e. The Labute approximate surface area is 110 Å². The molecule has 1 aliphatic carbocycles. The van der Waals surface area contributed by atoms with Crippen molar-refractivity contribution in [3.05, 3.63) is 0 Å². The molecule has 2 unspecified atom stereocenters. The van der Waals surface area contributed by atoms with Gasteiger partial charge in [-0.15, -0.1) is 11.6 Å². The summed E-state index contributed by atoms with van der Waals surface area (Å²) in [7, 11) is 0. The minimum atomic E-state index is 0.289. The summed E-state index contributed by atoms with van der Waals surface area (Å²) >= 11 is 5.91. The molecule has 17 heavy (non-hydrogen) atoms. The van der Waals surface area contributed by atoms with Crippen LogP contribution in [0.25, 0.3) is 0 Å². The van der Waals surface area contributed by atoms with Gasteiger partial charge in [0.05, 0.1) is 11.7 Å². The fourth-order valence-corrected chi connectivity index (χ4v) is 3.35. The monoisotopic (exact) mass is 259 g/mol. The van der Waals surface area contributed by atoms with E-state index in [1.54, 1.807) is 0 Å². The molecule has 0 bridgehead atoms. The average Bonchev–Trinajstić information content (AvgIpc) is 2.89. The summed E-state index contributed by atoms with van der Waals surface area (Å²) in [4.78, 5) is 0. The maximum absolute atomic E-state index is 6.25. The molecule has 1 spiro atoms. The third-order valence-corrected chi connectivity index (χ3v) is 4.40. The van der Waals surface area contributed by atoms with Crippen molar-refractivity contribution in [2.75, 3.05) is 13.1 Å². The van der Waals surface area contributed by atoms with Crippen LogP contribution in [0.2, 0.25) is 0 Å². The van der Waals surface area contributed by atoms with Gasteiger partial charge in [0.15, 0.2) is 0 Å². The van der Waals surface area contributed by atoms with Crippen LogP contribution in [0.1, 0.15) is 58.3 Å². The zero-order valence-corrected chi connectivity index (χ0v) is 11.8. The summed E-state index contributed by atoms with van der Waals surface area (Å²) in [6.07, 6.45) is 10.6. The number of rotatable bonds is 6. The highest BCUT2D eigenvalue weighted by atomic mass is 35.5. The zero-order valence-electron chi connectivity index (χ0n) is 11.0. The van der Waals surface area contributed by atoms with E-state index in [4.69, 9.17) is 16.3 Å². The topological polar surface area (TPSA) is 21.3 Å². The summed E-state index contributed by atoms with van der Waals surface area (Å²) in [5.74, 6) is 0. The van der Waals surface area contributed by atoms with Crippen molar-refractivity contribution < 1.29 is 4.74 Å². The van der Waals surface area contributed by atoms with E-state index in [0.717, 1.165) is 19.5 Å². The number of hydrogen-bond acceptors (Lipinski definition) is 2. The van der Waals surface area contributed by atoms with E-state index in [-0.39, 0.29) is 5.60 Å². The van der Waals surface area contributed by atoms with Crippen LogP contribution in [0.3, 0.4) is 0 Å². The molecule has 1 N–H and O–H groups in total. The van der Waals surface area contributed by atoms with Gasteiger partial charge in [0.25, 0.3) is 0 Å². The molecule has 2 nitrogen and oxygen atoms in total. The molecule has 1 saturated carbocycles. The first-order chi connectivity index (χ1) is 8.20. The fourth-order valence-electron chi connectivity index (χ4n) is 3.20. The van der Waals surface area contributed by atoms with Crippen molar-refractivity contribution >= 4 is 11.6 Å². The molecule has 3 heteroatoms. The maximum Gasteiger partial charge on any atom is 0.0708 e. The predicted octanol–water partition coefficient (Wildman–Crippen LogP) is 3.48. The first-order valence-electron chi connectivity index (χ1n) is 7.23. The Morgan fingerprint density at radius 2 is 2.12 bits per heavy atom. The predicted molar refractivity (Wildman–Crippen MR) is 72.7 cm³/mol. The number of hydrogen-bond donors (Lipinski definition) is 1. The first kappa shape index (κ1) is 13.6. The van der Waals surface area contributed by atoms with Gasteiger partial charge >= 0.3 is 0 Å². The number of halogens is 1. The quantitative estimate of drug-likeness (QED) is 0.583. The second kappa shape index (κ2) is 6.40. The van der Waals surface area contributed by atoms with Gasteiger partial charge in [-0.1, -0.05) is 12.8 Å². The van der Waals surface area contributed by atoms with Crippen molar-refractivity contribution in [2.45, 2.75) is 75.4 Å². The second-order valence-electron chi connectivity index (χ2n) is 5.80. The minimum Gasteiger partial charge on any atom is -0.370 e. The lowest BCUT2D eigenvalue weighted by molar-refractivity contribution is -0.0350. The van der Waals surface area contributed by atoms with Gasteiger partial charge in [-0.05, 0) is 52.0 Å². The Balaban J connectivity index is 1.55. The van der Waals surface area contributed by atoms with Crippen molar-refractivity contribution in [2.24, 2.45) is 0 Å². The lowest BCUT2D eigenvalue weighted by Gasteiger charge is -2.23. The van der Waals surface area contributed by atoms with E-state index in [1.165, 1.54) is 44.9 Å². The second-order valence-corrected chi connectivity index (χ2v) is 6.54. The fraction of sp³-hybridized carbons (Fsp3) is 1.00. The molecule has 2 rings (SSSR count). The molecule has 100 valence electrons. The molecule has 2 aliphatic rings. The minimum absolute atomic E-state index is 0.289. The van der Waals surface area contributed by atoms with Crippen LogP contribution < -0.4 is 5.32 Å². The van der Waals surface area contributed by atoms with Gasteiger partial charge in [-0.3, -0.25) is 0 Å². The molecule has 0 amide bonds. The molecular weight excluding hydrogens is 234 g/mol. The highest BCUT2D eigenvalue weighted by Gasteiger charge is 2.41. The summed E-state index contributed by atoms with van der Waals surface area (Å²) in [5, 5.41) is 3.81. The van der Waals surface area contributed by atoms with E-state index in [1.807, 2.05) is 0 Å². The number of ether oxygens (including phenoxy) is 1. The SMILES string of the molecule is CC(Cl)CCCNCC1CCC2(CCCC2)O1. The van der Waals surface area contributed by atoms with Gasteiger partial charge < -0.3 is 10.1 Å². The third-order valence-electron chi connectivity index (χ3n) is 4.18. The summed E-state index contributed by atoms with van der Waals surface area (Å²) in [5.41, 5.74) is 0.289. The molecule has 0 radical (unpaired) electrons. The van der Waals surface area contributed by atoms with E-state index < -0.39 is 0 Å². The van der Waals surface area contributed by atoms with Crippen LogP contribution in [0.15, 0.2) is 0 Å². The Morgan fingerprint density at radius 3 is 2.82 bits per heavy atom. The Kier molecular flexibility index (Phi) is 5.13. The van der Waals surface area contributed by atoms with Crippen LogP contribution in [-0.4, -0.2) is 30.2 Å². The average molecular weight is 260 g/mol. The Hall–Kier alpha value is 0.210. The van der Waals surface area contributed by atoms with Crippen LogP contribution >= 0.6 is 11.6 Å². The van der Waals surface area contributed by atoms with Gasteiger partial charge in [-0.25, -0.2) is 0 Å². The summed E-state index contributed by atoms with van der Waals surface area (Å²) < 4.78 is 6.25. The third kappa shape index (κ3) is 4.11. The van der Waals surface area contributed by atoms with Crippen molar-refractivity contribution in [3.63, 3.8) is 0 Å². The number of nitrogens with one attached hydrogen (secondary N) is 1. The molecule has 0 aromatic rings. The van der Waals surface area contributed by atoms with Crippen molar-refractivity contribution in [1.29, 1.82) is 0 Å². The first-order valence-corrected chi connectivity index (χ1v) is 7.66. The molecule has 0 aromatic heterocycles. The Morgan fingerprint density at radius 1 is 1.35 bits per heavy atom. The normalized spacial score (nSPS) is 28.9. The lowest BCUT2D eigenvalue weighted by atomic mass is 9.98. The van der Waals surface area contributed by atoms with Crippen LogP contribution in [0.4, 0.5) is 0 Å². The van der Waals surface area contributed by atoms with Gasteiger partial charge in [0.2, 0.25) is 0 Å². The van der Waals surface area contributed by atoms with Crippen molar-refractivity contribution in [3.8, 4) is 0 Å². The molecule has 1 aliphatic heterocycles. The molecule has 1 saturated heterocycles. The van der Waals surface area contributed by atoms with Gasteiger partial charge in [0, 0.05) is 11.9 Å². The van der Waals surface area contributed by atoms with Crippen LogP contribution in [-0.2, 0) is 4.74 Å². The van der Waals surface area contributed by atoms with Crippen LogP contribution in [0, 0.1) is 0 Å². The number of alkyl halides is 1. The molecular formula is C14H26ClNO. The van der Waals surface area contributed by atoms with Crippen molar-refractivity contribution in [1.82, 2.24) is 5.32 Å². The molecule has 2 fully saturated rings. The van der Waals surface area contributed by atoms with Gasteiger partial charge in [-0.2, -0.15) is 0 Å². The van der Waals surface area contributed by atoms with E-state index >= 15 is 0 Å². The highest BCUT2D eigenvalue weighted by molar-refractivity contribution is 6.20. The lowest BCUT2D eigenvalue weighted by Crippen LogP contribution is -2.31. The molecule has 1 heterocycles. The maximum atomic E-state index is 6.25. The van der Waals surface area contributed by atoms with Gasteiger partial charge in [0.1, 0.15) is 0 Å². The van der Waals surface area contributed by atoms with Crippen LogP contribution in [0.5, 0.6) is 0 Å². The van der Waals surface area contributed by atoms with E-state index in [0.29, 0.717) is 11.5 Å². The smallest absolute Gasteiger partial charge is 0.0708 e. The summed E-state index contributed by atoms with van der Waals surface area (Å²) in [6.45, 7) is 4.16. The highest BCUT2D eigenvalue weighted by Crippen LogP contribution is 2.43.